The van der Waals surface area contributed by atoms with Gasteiger partial charge >= 0.3 is 0 Å². The Bertz CT molecular complexity index is 414. The van der Waals surface area contributed by atoms with Gasteiger partial charge in [-0.1, -0.05) is 12.1 Å². The summed E-state index contributed by atoms with van der Waals surface area (Å²) < 4.78 is 16.5. The zero-order valence-corrected chi connectivity index (χ0v) is 12.0. The second-order valence-corrected chi connectivity index (χ2v) is 5.16. The van der Waals surface area contributed by atoms with Crippen LogP contribution in [0.1, 0.15) is 25.3 Å². The Kier molecular flexibility index (Phi) is 4.66. The number of para-hydroxylation sites is 1. The van der Waals surface area contributed by atoms with E-state index in [0.717, 1.165) is 49.6 Å². The van der Waals surface area contributed by atoms with E-state index in [-0.39, 0.29) is 5.60 Å². The molecule has 0 radical (unpaired) electrons. The average molecular weight is 265 g/mol. The topological polar surface area (TPSA) is 39.7 Å². The van der Waals surface area contributed by atoms with E-state index in [1.165, 1.54) is 0 Å². The molecule has 0 amide bonds. The molecule has 2 rings (SSSR count). The smallest absolute Gasteiger partial charge is 0.165 e. The Balaban J connectivity index is 1.95. The molecule has 0 bridgehead atoms. The molecule has 1 unspecified atom stereocenters. The van der Waals surface area contributed by atoms with Crippen LogP contribution >= 0.6 is 0 Å². The molecule has 4 heteroatoms. The van der Waals surface area contributed by atoms with Crippen molar-refractivity contribution in [3.63, 3.8) is 0 Å². The van der Waals surface area contributed by atoms with Crippen LogP contribution < -0.4 is 14.8 Å². The molecule has 1 aliphatic heterocycles. The fourth-order valence-corrected chi connectivity index (χ4v) is 2.53. The monoisotopic (exact) mass is 265 g/mol. The zero-order valence-electron chi connectivity index (χ0n) is 12.0. The number of hydrogen-bond donors (Lipinski definition) is 1. The van der Waals surface area contributed by atoms with Gasteiger partial charge in [0.05, 0.1) is 19.8 Å². The zero-order chi connectivity index (χ0) is 13.7. The summed E-state index contributed by atoms with van der Waals surface area (Å²) >= 11 is 0. The second-order valence-electron chi connectivity index (χ2n) is 5.16. The molecule has 1 atom stereocenters. The van der Waals surface area contributed by atoms with Crippen molar-refractivity contribution >= 4 is 0 Å². The number of nitrogens with one attached hydrogen (secondary N) is 1. The quantitative estimate of drug-likeness (QED) is 0.857. The summed E-state index contributed by atoms with van der Waals surface area (Å²) in [5.41, 5.74) is 1.08. The van der Waals surface area contributed by atoms with E-state index in [9.17, 15) is 0 Å². The largest absolute Gasteiger partial charge is 0.493 e. The van der Waals surface area contributed by atoms with Crippen LogP contribution in [0.5, 0.6) is 11.5 Å². The van der Waals surface area contributed by atoms with Crippen molar-refractivity contribution in [2.75, 3.05) is 27.4 Å². The van der Waals surface area contributed by atoms with Crippen LogP contribution in [-0.4, -0.2) is 33.0 Å². The van der Waals surface area contributed by atoms with Gasteiger partial charge in [0.25, 0.3) is 0 Å². The first-order valence-corrected chi connectivity index (χ1v) is 6.73. The fraction of sp³-hybridized carbons (Fsp3) is 0.600. The maximum Gasteiger partial charge on any atom is 0.165 e. The van der Waals surface area contributed by atoms with Crippen molar-refractivity contribution in [2.24, 2.45) is 0 Å². The van der Waals surface area contributed by atoms with Gasteiger partial charge < -0.3 is 19.5 Å². The normalized spacial score (nSPS) is 22.5. The highest BCUT2D eigenvalue weighted by Crippen LogP contribution is 2.31. The summed E-state index contributed by atoms with van der Waals surface area (Å²) in [7, 11) is 3.32. The maximum atomic E-state index is 5.76. The summed E-state index contributed by atoms with van der Waals surface area (Å²) in [6.07, 6.45) is 2.27. The molecule has 1 heterocycles. The van der Waals surface area contributed by atoms with Gasteiger partial charge in [0.15, 0.2) is 11.5 Å². The molecule has 1 aromatic carbocycles. The van der Waals surface area contributed by atoms with E-state index >= 15 is 0 Å². The van der Waals surface area contributed by atoms with Crippen molar-refractivity contribution < 1.29 is 14.2 Å². The maximum absolute atomic E-state index is 5.76. The van der Waals surface area contributed by atoms with Gasteiger partial charge in [-0.05, 0) is 25.8 Å². The third-order valence-electron chi connectivity index (χ3n) is 3.60. The molecule has 1 fully saturated rings. The van der Waals surface area contributed by atoms with Gasteiger partial charge in [-0.15, -0.1) is 0 Å². The molecule has 0 aliphatic carbocycles. The average Bonchev–Trinajstić information content (AvgIpc) is 2.85. The van der Waals surface area contributed by atoms with Crippen LogP contribution in [-0.2, 0) is 11.3 Å². The lowest BCUT2D eigenvalue weighted by molar-refractivity contribution is 0.0206. The van der Waals surface area contributed by atoms with Crippen molar-refractivity contribution in [2.45, 2.75) is 31.9 Å². The Morgan fingerprint density at radius 2 is 2.16 bits per heavy atom. The molecular formula is C15H23NO3. The fourth-order valence-electron chi connectivity index (χ4n) is 2.53. The number of hydrogen-bond acceptors (Lipinski definition) is 4. The first-order valence-electron chi connectivity index (χ1n) is 6.73. The lowest BCUT2D eigenvalue weighted by Crippen LogP contribution is -2.36. The van der Waals surface area contributed by atoms with E-state index < -0.39 is 0 Å². The minimum absolute atomic E-state index is 0.0217. The number of rotatable bonds is 6. The highest BCUT2D eigenvalue weighted by molar-refractivity contribution is 5.46. The van der Waals surface area contributed by atoms with Crippen molar-refractivity contribution in [3.8, 4) is 11.5 Å². The van der Waals surface area contributed by atoms with Gasteiger partial charge in [-0.3, -0.25) is 0 Å². The number of benzene rings is 1. The van der Waals surface area contributed by atoms with Crippen LogP contribution in [0.25, 0.3) is 0 Å². The highest BCUT2D eigenvalue weighted by atomic mass is 16.5. The van der Waals surface area contributed by atoms with Crippen molar-refractivity contribution in [1.82, 2.24) is 5.32 Å². The summed E-state index contributed by atoms with van der Waals surface area (Å²) in [5.74, 6) is 1.57. The molecule has 106 valence electrons. The molecule has 0 aromatic heterocycles. The van der Waals surface area contributed by atoms with E-state index in [0.29, 0.717) is 0 Å². The van der Waals surface area contributed by atoms with E-state index in [4.69, 9.17) is 14.2 Å². The van der Waals surface area contributed by atoms with Gasteiger partial charge in [0.2, 0.25) is 0 Å². The van der Waals surface area contributed by atoms with E-state index in [2.05, 4.69) is 12.2 Å². The first kappa shape index (κ1) is 14.2. The van der Waals surface area contributed by atoms with Crippen molar-refractivity contribution in [1.29, 1.82) is 0 Å². The minimum atomic E-state index is -0.0217. The Morgan fingerprint density at radius 3 is 2.79 bits per heavy atom. The Labute approximate surface area is 115 Å². The van der Waals surface area contributed by atoms with Gasteiger partial charge in [-0.2, -0.15) is 0 Å². The lowest BCUT2D eigenvalue weighted by Gasteiger charge is -2.23. The lowest BCUT2D eigenvalue weighted by atomic mass is 10.0. The summed E-state index contributed by atoms with van der Waals surface area (Å²) in [6, 6.07) is 5.93. The third kappa shape index (κ3) is 3.39. The van der Waals surface area contributed by atoms with Crippen LogP contribution in [0.4, 0.5) is 0 Å². The summed E-state index contributed by atoms with van der Waals surface area (Å²) in [5, 5.41) is 3.45. The van der Waals surface area contributed by atoms with Gasteiger partial charge in [-0.25, -0.2) is 0 Å². The minimum Gasteiger partial charge on any atom is -0.493 e. The number of ether oxygens (including phenoxy) is 3. The number of methoxy groups -OCH3 is 2. The molecule has 1 saturated heterocycles. The Hall–Kier alpha value is -1.26. The predicted molar refractivity (Wildman–Crippen MR) is 74.8 cm³/mol. The van der Waals surface area contributed by atoms with Crippen LogP contribution in [0.15, 0.2) is 18.2 Å². The molecule has 4 nitrogen and oxygen atoms in total. The molecule has 0 saturated carbocycles. The molecule has 1 aliphatic rings. The van der Waals surface area contributed by atoms with E-state index in [1.54, 1.807) is 14.2 Å². The summed E-state index contributed by atoms with van der Waals surface area (Å²) in [6.45, 7) is 4.64. The molecule has 19 heavy (non-hydrogen) atoms. The summed E-state index contributed by atoms with van der Waals surface area (Å²) in [4.78, 5) is 0. The van der Waals surface area contributed by atoms with Crippen LogP contribution in [0.3, 0.4) is 0 Å². The SMILES string of the molecule is COc1cccc(CNCC2(C)CCCO2)c1OC. The van der Waals surface area contributed by atoms with Crippen molar-refractivity contribution in [3.05, 3.63) is 23.8 Å². The molecule has 1 aromatic rings. The molecule has 1 N–H and O–H groups in total. The van der Waals surface area contributed by atoms with E-state index in [1.807, 2.05) is 18.2 Å². The highest BCUT2D eigenvalue weighted by Gasteiger charge is 2.29. The van der Waals surface area contributed by atoms with Crippen LogP contribution in [0, 0.1) is 0 Å². The molecule has 0 spiro atoms. The Morgan fingerprint density at radius 1 is 1.32 bits per heavy atom. The molecular weight excluding hydrogens is 242 g/mol. The van der Waals surface area contributed by atoms with Gasteiger partial charge in [0, 0.05) is 25.3 Å². The first-order chi connectivity index (χ1) is 9.18. The van der Waals surface area contributed by atoms with Gasteiger partial charge in [0.1, 0.15) is 0 Å². The standard InChI is InChI=1S/C15H23NO3/c1-15(8-5-9-19-15)11-16-10-12-6-4-7-13(17-2)14(12)18-3/h4,6-7,16H,5,8-11H2,1-3H3. The third-order valence-corrected chi connectivity index (χ3v) is 3.60. The predicted octanol–water partition coefficient (Wildman–Crippen LogP) is 2.36. The second kappa shape index (κ2) is 6.26. The van der Waals surface area contributed by atoms with Crippen LogP contribution in [0.2, 0.25) is 0 Å².